The van der Waals surface area contributed by atoms with Gasteiger partial charge in [-0.25, -0.2) is 0 Å². The van der Waals surface area contributed by atoms with E-state index in [4.69, 9.17) is 5.11 Å². The van der Waals surface area contributed by atoms with Gasteiger partial charge in [-0.2, -0.15) is 0 Å². The Hall–Kier alpha value is -0.511. The van der Waals surface area contributed by atoms with Crippen LogP contribution in [0.5, 0.6) is 0 Å². The molecular formula is C7H7O2Sn. The van der Waals surface area contributed by atoms with Crippen LogP contribution in [0.1, 0.15) is 0 Å². The van der Waals surface area contributed by atoms with Crippen molar-refractivity contribution in [3.05, 3.63) is 30.3 Å². The molecule has 0 aliphatic carbocycles. The van der Waals surface area contributed by atoms with Crippen LogP contribution in [0.3, 0.4) is 0 Å². The molecule has 0 atom stereocenters. The van der Waals surface area contributed by atoms with E-state index in [9.17, 15) is 4.79 Å². The van der Waals surface area contributed by atoms with Gasteiger partial charge in [0.15, 0.2) is 0 Å². The quantitative estimate of drug-likeness (QED) is 0.763. The summed E-state index contributed by atoms with van der Waals surface area (Å²) in [5, 5.41) is 8.45. The molecule has 1 N–H and O–H groups in total. The standard InChI is InChI=1S/C6H5.CHO2.Sn.H/c1-2-4-6-5-3-1;2-1-3;;/h1-5H;(H,2,3);;. The fourth-order valence-corrected chi connectivity index (χ4v) is 2.69. The van der Waals surface area contributed by atoms with Crippen molar-refractivity contribution in [1.82, 2.24) is 0 Å². The van der Waals surface area contributed by atoms with Crippen molar-refractivity contribution >= 4 is 28.7 Å². The van der Waals surface area contributed by atoms with Gasteiger partial charge in [-0.15, -0.1) is 0 Å². The summed E-state index contributed by atoms with van der Waals surface area (Å²) in [4.78, 5) is 10.3. The van der Waals surface area contributed by atoms with Crippen LogP contribution < -0.4 is 3.58 Å². The van der Waals surface area contributed by atoms with Crippen LogP contribution in [0.2, 0.25) is 0 Å². The van der Waals surface area contributed by atoms with Crippen molar-refractivity contribution in [3.8, 4) is 0 Å². The second kappa shape index (κ2) is 3.61. The molecule has 0 aromatic heterocycles. The number of carbonyl (C=O) groups is 1. The molecule has 3 heteroatoms. The molecule has 0 bridgehead atoms. The molecule has 0 aliphatic heterocycles. The number of hydrogen-bond donors (Lipinski definition) is 1. The number of carboxylic acid groups (broad SMARTS) is 1. The average molecular weight is 242 g/mol. The predicted molar refractivity (Wildman–Crippen MR) is 41.2 cm³/mol. The zero-order chi connectivity index (χ0) is 7.40. The molecule has 51 valence electrons. The minimum atomic E-state index is -1.49. The fourth-order valence-electron chi connectivity index (χ4n) is 0.692. The van der Waals surface area contributed by atoms with Gasteiger partial charge in [0.05, 0.1) is 0 Å². The van der Waals surface area contributed by atoms with E-state index in [2.05, 4.69) is 0 Å². The first-order chi connectivity index (χ1) is 4.79. The summed E-state index contributed by atoms with van der Waals surface area (Å²) in [6.45, 7) is 0. The molecule has 1 radical (unpaired) electrons. The monoisotopic (exact) mass is 243 g/mol. The van der Waals surface area contributed by atoms with Gasteiger partial charge >= 0.3 is 68.9 Å². The third kappa shape index (κ3) is 2.39. The summed E-state index contributed by atoms with van der Waals surface area (Å²) >= 11 is -1.49. The molecule has 0 spiro atoms. The van der Waals surface area contributed by atoms with E-state index < -0.39 is 25.1 Å². The van der Waals surface area contributed by atoms with E-state index in [0.717, 1.165) is 3.58 Å². The van der Waals surface area contributed by atoms with Gasteiger partial charge in [0, 0.05) is 0 Å². The summed E-state index contributed by atoms with van der Waals surface area (Å²) in [5.74, 6) is 0. The van der Waals surface area contributed by atoms with E-state index in [1.807, 2.05) is 30.3 Å². The third-order valence-corrected chi connectivity index (χ3v) is 3.84. The van der Waals surface area contributed by atoms with Crippen LogP contribution in [0.4, 0.5) is 4.79 Å². The molecule has 0 unspecified atom stereocenters. The first-order valence-corrected chi connectivity index (χ1v) is 6.21. The van der Waals surface area contributed by atoms with E-state index in [1.54, 1.807) is 0 Å². The molecule has 0 fully saturated rings. The van der Waals surface area contributed by atoms with Crippen molar-refractivity contribution in [2.24, 2.45) is 0 Å². The zero-order valence-electron chi connectivity index (χ0n) is 5.32. The number of benzene rings is 1. The predicted octanol–water partition coefficient (Wildman–Crippen LogP) is 0.426. The molecule has 0 saturated heterocycles. The van der Waals surface area contributed by atoms with E-state index in [0.29, 0.717) is 0 Å². The van der Waals surface area contributed by atoms with Gasteiger partial charge in [0.25, 0.3) is 0 Å². The molecule has 0 saturated carbocycles. The summed E-state index contributed by atoms with van der Waals surface area (Å²) in [7, 11) is 0. The Bertz CT molecular complexity index is 220. The van der Waals surface area contributed by atoms with E-state index >= 15 is 0 Å². The normalized spacial score (nSPS) is 9.20. The molecule has 2 nitrogen and oxygen atoms in total. The molecule has 1 aromatic rings. The van der Waals surface area contributed by atoms with Gasteiger partial charge in [0.1, 0.15) is 0 Å². The Balaban J connectivity index is 2.67. The van der Waals surface area contributed by atoms with Gasteiger partial charge in [-0.1, -0.05) is 0 Å². The molecule has 1 aromatic carbocycles. The van der Waals surface area contributed by atoms with Crippen LogP contribution in [0.25, 0.3) is 0 Å². The Morgan fingerprint density at radius 1 is 1.30 bits per heavy atom. The zero-order valence-corrected chi connectivity index (χ0v) is 8.62. The van der Waals surface area contributed by atoms with E-state index in [-0.39, 0.29) is 0 Å². The summed E-state index contributed by atoms with van der Waals surface area (Å²) in [5.41, 5.74) is 0. The van der Waals surface area contributed by atoms with Gasteiger partial charge in [-0.05, 0) is 0 Å². The van der Waals surface area contributed by atoms with Crippen molar-refractivity contribution in [1.29, 1.82) is 0 Å². The second-order valence-electron chi connectivity index (χ2n) is 1.89. The Kier molecular flexibility index (Phi) is 2.74. The van der Waals surface area contributed by atoms with Crippen molar-refractivity contribution in [2.45, 2.75) is 0 Å². The van der Waals surface area contributed by atoms with Crippen LogP contribution in [0.15, 0.2) is 30.3 Å². The molecular weight excluding hydrogens is 235 g/mol. The van der Waals surface area contributed by atoms with Crippen LogP contribution in [-0.2, 0) is 0 Å². The van der Waals surface area contributed by atoms with Gasteiger partial charge in [-0.3, -0.25) is 0 Å². The Labute approximate surface area is 69.1 Å². The Morgan fingerprint density at radius 2 is 1.90 bits per heavy atom. The first-order valence-electron chi connectivity index (χ1n) is 2.92. The SMILES string of the molecule is O=[C](O)[SnH][c]1ccccc1. The minimum absolute atomic E-state index is 0.596. The van der Waals surface area contributed by atoms with Crippen molar-refractivity contribution < 1.29 is 9.90 Å². The van der Waals surface area contributed by atoms with Crippen LogP contribution in [0, 0.1) is 0 Å². The van der Waals surface area contributed by atoms with Crippen molar-refractivity contribution in [2.75, 3.05) is 0 Å². The van der Waals surface area contributed by atoms with Crippen molar-refractivity contribution in [3.63, 3.8) is 0 Å². The van der Waals surface area contributed by atoms with Crippen LogP contribution >= 0.6 is 0 Å². The van der Waals surface area contributed by atoms with E-state index in [1.165, 1.54) is 0 Å². The Morgan fingerprint density at radius 3 is 2.40 bits per heavy atom. The third-order valence-electron chi connectivity index (χ3n) is 1.09. The first kappa shape index (κ1) is 7.59. The molecule has 10 heavy (non-hydrogen) atoms. The van der Waals surface area contributed by atoms with Gasteiger partial charge < -0.3 is 0 Å². The summed E-state index contributed by atoms with van der Waals surface area (Å²) in [6, 6.07) is 9.42. The average Bonchev–Trinajstić information content (AvgIpc) is 1.88. The number of rotatable bonds is 2. The second-order valence-corrected chi connectivity index (χ2v) is 6.03. The molecule has 0 amide bonds. The molecule has 0 heterocycles. The maximum atomic E-state index is 10.3. The maximum absolute atomic E-state index is 10.3. The topological polar surface area (TPSA) is 37.3 Å². The summed E-state index contributed by atoms with van der Waals surface area (Å²) in [6.07, 6.45) is 0. The fraction of sp³-hybridized carbons (Fsp3) is 0. The molecule has 0 aliphatic rings. The molecule has 1 rings (SSSR count). The number of hydrogen-bond acceptors (Lipinski definition) is 1. The van der Waals surface area contributed by atoms with Crippen LogP contribution in [-0.4, -0.2) is 30.2 Å². The van der Waals surface area contributed by atoms with Gasteiger partial charge in [0.2, 0.25) is 0 Å². The summed E-state index contributed by atoms with van der Waals surface area (Å²) < 4.78 is 0.437.